The van der Waals surface area contributed by atoms with Crippen molar-refractivity contribution in [2.45, 2.75) is 45.4 Å². The number of hydrogen-bond acceptors (Lipinski definition) is 5. The van der Waals surface area contributed by atoms with Crippen LogP contribution in [0.25, 0.3) is 6.08 Å². The van der Waals surface area contributed by atoms with Gasteiger partial charge in [-0.3, -0.25) is 9.59 Å². The molecule has 0 aliphatic carbocycles. The standard InChI is InChI=1S/C25H28FNO4S/c1-3-4-5-6-7-8-15-31-21-14-9-18(16-22(21)30-2)17-23-24(28)27(25(29)32-23)20-12-10-19(26)11-13-20/h9-14,16-17H,3-8,15H2,1-2H3/b23-17-. The van der Waals surface area contributed by atoms with Crippen LogP contribution in [0.5, 0.6) is 11.5 Å². The molecule has 2 aromatic rings. The molecule has 170 valence electrons. The van der Waals surface area contributed by atoms with Gasteiger partial charge in [0, 0.05) is 0 Å². The molecule has 0 N–H and O–H groups in total. The number of rotatable bonds is 11. The van der Waals surface area contributed by atoms with Gasteiger partial charge in [-0.1, -0.05) is 45.1 Å². The minimum Gasteiger partial charge on any atom is -0.493 e. The number of methoxy groups -OCH3 is 1. The molecule has 0 unspecified atom stereocenters. The fourth-order valence-electron chi connectivity index (χ4n) is 3.39. The van der Waals surface area contributed by atoms with E-state index in [0.29, 0.717) is 28.7 Å². The molecule has 1 fully saturated rings. The average Bonchev–Trinajstić information content (AvgIpc) is 3.07. The maximum atomic E-state index is 13.2. The van der Waals surface area contributed by atoms with Crippen molar-refractivity contribution in [1.82, 2.24) is 0 Å². The molecule has 32 heavy (non-hydrogen) atoms. The molecule has 1 saturated heterocycles. The summed E-state index contributed by atoms with van der Waals surface area (Å²) in [5, 5.41) is -0.418. The number of amides is 2. The van der Waals surface area contributed by atoms with E-state index < -0.39 is 17.0 Å². The largest absolute Gasteiger partial charge is 0.493 e. The summed E-state index contributed by atoms with van der Waals surface area (Å²) < 4.78 is 24.5. The zero-order chi connectivity index (χ0) is 22.9. The minimum absolute atomic E-state index is 0.294. The number of ether oxygens (including phenoxy) is 2. The predicted molar refractivity (Wildman–Crippen MR) is 127 cm³/mol. The molecule has 0 spiro atoms. The third kappa shape index (κ3) is 6.13. The molecule has 3 rings (SSSR count). The van der Waals surface area contributed by atoms with E-state index in [4.69, 9.17) is 9.47 Å². The Morgan fingerprint density at radius 2 is 1.69 bits per heavy atom. The van der Waals surface area contributed by atoms with Crippen LogP contribution in [0.15, 0.2) is 47.4 Å². The highest BCUT2D eigenvalue weighted by Gasteiger charge is 2.36. The van der Waals surface area contributed by atoms with Crippen molar-refractivity contribution in [3.8, 4) is 11.5 Å². The normalized spacial score (nSPS) is 15.0. The van der Waals surface area contributed by atoms with E-state index in [1.807, 2.05) is 12.1 Å². The van der Waals surface area contributed by atoms with Gasteiger partial charge in [0.05, 0.1) is 24.3 Å². The van der Waals surface area contributed by atoms with Gasteiger partial charge in [-0.25, -0.2) is 9.29 Å². The summed E-state index contributed by atoms with van der Waals surface area (Å²) in [6, 6.07) is 10.7. The van der Waals surface area contributed by atoms with Crippen LogP contribution in [0.1, 0.15) is 51.0 Å². The van der Waals surface area contributed by atoms with Crippen LogP contribution < -0.4 is 14.4 Å². The molecular formula is C25H28FNO4S. The zero-order valence-corrected chi connectivity index (χ0v) is 19.3. The first-order valence-corrected chi connectivity index (χ1v) is 11.7. The van der Waals surface area contributed by atoms with Crippen LogP contribution in [-0.4, -0.2) is 24.9 Å². The fourth-order valence-corrected chi connectivity index (χ4v) is 4.23. The van der Waals surface area contributed by atoms with E-state index in [-0.39, 0.29) is 0 Å². The van der Waals surface area contributed by atoms with E-state index in [2.05, 4.69) is 6.92 Å². The second-order valence-electron chi connectivity index (χ2n) is 7.52. The van der Waals surface area contributed by atoms with Gasteiger partial charge in [-0.15, -0.1) is 0 Å². The van der Waals surface area contributed by atoms with E-state index in [9.17, 15) is 14.0 Å². The molecule has 0 saturated carbocycles. The highest BCUT2D eigenvalue weighted by Crippen LogP contribution is 2.37. The number of anilines is 1. The molecule has 2 aromatic carbocycles. The molecule has 1 aliphatic rings. The second kappa shape index (κ2) is 11.7. The Bertz CT molecular complexity index is 974. The highest BCUT2D eigenvalue weighted by molar-refractivity contribution is 8.19. The molecule has 0 bridgehead atoms. The van der Waals surface area contributed by atoms with Gasteiger partial charge in [-0.05, 0) is 66.2 Å². The van der Waals surface area contributed by atoms with Gasteiger partial charge in [-0.2, -0.15) is 0 Å². The summed E-state index contributed by atoms with van der Waals surface area (Å²) in [4.78, 5) is 26.5. The van der Waals surface area contributed by atoms with E-state index in [0.717, 1.165) is 35.1 Å². The molecule has 0 aromatic heterocycles. The maximum Gasteiger partial charge on any atom is 0.298 e. The average molecular weight is 458 g/mol. The molecular weight excluding hydrogens is 429 g/mol. The first-order chi connectivity index (χ1) is 15.5. The number of carbonyl (C=O) groups excluding carboxylic acids is 2. The maximum absolute atomic E-state index is 13.2. The smallest absolute Gasteiger partial charge is 0.298 e. The van der Waals surface area contributed by atoms with Crippen molar-refractivity contribution in [2.75, 3.05) is 18.6 Å². The summed E-state index contributed by atoms with van der Waals surface area (Å²) >= 11 is 0.851. The van der Waals surface area contributed by atoms with Crippen LogP contribution in [0, 0.1) is 5.82 Å². The van der Waals surface area contributed by atoms with Crippen LogP contribution in [-0.2, 0) is 4.79 Å². The molecule has 5 nitrogen and oxygen atoms in total. The Hall–Kier alpha value is -2.80. The van der Waals surface area contributed by atoms with Crippen molar-refractivity contribution in [3.63, 3.8) is 0 Å². The topological polar surface area (TPSA) is 55.8 Å². The number of hydrogen-bond donors (Lipinski definition) is 0. The summed E-state index contributed by atoms with van der Waals surface area (Å²) in [6.07, 6.45) is 8.78. The Kier molecular flexibility index (Phi) is 8.73. The van der Waals surface area contributed by atoms with Crippen LogP contribution in [0.4, 0.5) is 14.9 Å². The van der Waals surface area contributed by atoms with Crippen molar-refractivity contribution in [3.05, 3.63) is 58.8 Å². The van der Waals surface area contributed by atoms with Gasteiger partial charge in [0.15, 0.2) is 11.5 Å². The molecule has 0 atom stereocenters. The minimum atomic E-state index is -0.436. The van der Waals surface area contributed by atoms with Crippen molar-refractivity contribution < 1.29 is 23.5 Å². The van der Waals surface area contributed by atoms with Gasteiger partial charge in [0.1, 0.15) is 5.82 Å². The summed E-state index contributed by atoms with van der Waals surface area (Å²) in [6.45, 7) is 2.83. The summed E-state index contributed by atoms with van der Waals surface area (Å²) in [7, 11) is 1.57. The Balaban J connectivity index is 1.64. The lowest BCUT2D eigenvalue weighted by Gasteiger charge is -2.12. The summed E-state index contributed by atoms with van der Waals surface area (Å²) in [5.41, 5.74) is 1.06. The van der Waals surface area contributed by atoms with E-state index >= 15 is 0 Å². The Labute approximate surface area is 192 Å². The quantitative estimate of drug-likeness (QED) is 0.274. The van der Waals surface area contributed by atoms with Crippen LogP contribution in [0.3, 0.4) is 0 Å². The number of nitrogens with zero attached hydrogens (tertiary/aromatic N) is 1. The zero-order valence-electron chi connectivity index (χ0n) is 18.4. The second-order valence-corrected chi connectivity index (χ2v) is 8.51. The van der Waals surface area contributed by atoms with E-state index in [1.54, 1.807) is 19.3 Å². The monoisotopic (exact) mass is 457 g/mol. The number of thioether (sulfide) groups is 1. The lowest BCUT2D eigenvalue weighted by Crippen LogP contribution is -2.27. The SMILES string of the molecule is CCCCCCCCOc1ccc(/C=C2\SC(=O)N(c3ccc(F)cc3)C2=O)cc1OC. The number of carbonyl (C=O) groups is 2. The van der Waals surface area contributed by atoms with Crippen molar-refractivity contribution in [2.24, 2.45) is 0 Å². The van der Waals surface area contributed by atoms with Crippen LogP contribution >= 0.6 is 11.8 Å². The number of unbranched alkanes of at least 4 members (excludes halogenated alkanes) is 5. The molecule has 7 heteroatoms. The van der Waals surface area contributed by atoms with Crippen molar-refractivity contribution >= 4 is 34.7 Å². The Morgan fingerprint density at radius 3 is 2.41 bits per heavy atom. The van der Waals surface area contributed by atoms with E-state index in [1.165, 1.54) is 49.9 Å². The van der Waals surface area contributed by atoms with Gasteiger partial charge in [0.25, 0.3) is 11.1 Å². The molecule has 1 heterocycles. The van der Waals surface area contributed by atoms with Gasteiger partial charge < -0.3 is 9.47 Å². The van der Waals surface area contributed by atoms with Crippen LogP contribution in [0.2, 0.25) is 0 Å². The third-order valence-electron chi connectivity index (χ3n) is 5.12. The van der Waals surface area contributed by atoms with Crippen molar-refractivity contribution in [1.29, 1.82) is 0 Å². The van der Waals surface area contributed by atoms with Gasteiger partial charge >= 0.3 is 0 Å². The Morgan fingerprint density at radius 1 is 0.969 bits per heavy atom. The number of imide groups is 1. The third-order valence-corrected chi connectivity index (χ3v) is 5.99. The lowest BCUT2D eigenvalue weighted by atomic mass is 10.1. The highest BCUT2D eigenvalue weighted by atomic mass is 32.2. The predicted octanol–water partition coefficient (Wildman–Crippen LogP) is 6.81. The molecule has 1 aliphatic heterocycles. The number of benzene rings is 2. The molecule has 2 amide bonds. The lowest BCUT2D eigenvalue weighted by molar-refractivity contribution is -0.113. The first-order valence-electron chi connectivity index (χ1n) is 10.9. The van der Waals surface area contributed by atoms with Gasteiger partial charge in [0.2, 0.25) is 0 Å². The first kappa shape index (κ1) is 23.9. The number of halogens is 1. The summed E-state index contributed by atoms with van der Waals surface area (Å²) in [5.74, 6) is 0.358. The molecule has 0 radical (unpaired) electrons. The fraction of sp³-hybridized carbons (Fsp3) is 0.360.